The van der Waals surface area contributed by atoms with E-state index in [1.54, 1.807) is 0 Å². The summed E-state index contributed by atoms with van der Waals surface area (Å²) in [5.74, 6) is 0. The molecule has 1 atom stereocenters. The second-order valence-electron chi connectivity index (χ2n) is 8.21. The molecule has 1 aliphatic heterocycles. The summed E-state index contributed by atoms with van der Waals surface area (Å²) in [6.07, 6.45) is 5.07. The molecule has 28 heavy (non-hydrogen) atoms. The molecule has 1 aliphatic rings. The van der Waals surface area contributed by atoms with E-state index in [1.807, 2.05) is 12.3 Å². The topological polar surface area (TPSA) is 52.1 Å². The number of aromatic nitrogens is 2. The lowest BCUT2D eigenvalue weighted by atomic mass is 9.75. The molecule has 0 saturated carbocycles. The van der Waals surface area contributed by atoms with Crippen molar-refractivity contribution in [3.8, 4) is 11.3 Å². The Labute approximate surface area is 167 Å². The average Bonchev–Trinajstić information content (AvgIpc) is 3.19. The Balaban J connectivity index is 1.51. The van der Waals surface area contributed by atoms with Gasteiger partial charge in [-0.15, -0.1) is 0 Å². The summed E-state index contributed by atoms with van der Waals surface area (Å²) in [6.45, 7) is 5.23. The Morgan fingerprint density at radius 3 is 2.64 bits per heavy atom. The molecule has 0 radical (unpaired) electrons. The highest BCUT2D eigenvalue weighted by molar-refractivity contribution is 5.62. The van der Waals surface area contributed by atoms with E-state index in [2.05, 4.69) is 70.6 Å². The van der Waals surface area contributed by atoms with Crippen LogP contribution in [0.4, 0.5) is 0 Å². The zero-order chi connectivity index (χ0) is 19.4. The second kappa shape index (κ2) is 8.29. The van der Waals surface area contributed by atoms with Gasteiger partial charge in [-0.05, 0) is 49.4 Å². The maximum absolute atomic E-state index is 10.3. The minimum atomic E-state index is -0.0684. The number of aliphatic hydroxyl groups excluding tert-OH is 1. The quantitative estimate of drug-likeness (QED) is 0.679. The number of nitrogens with zero attached hydrogens (tertiary/aromatic N) is 2. The highest BCUT2D eigenvalue weighted by atomic mass is 16.3. The highest BCUT2D eigenvalue weighted by Crippen LogP contribution is 2.35. The number of aliphatic hydroxyl groups is 1. The second-order valence-corrected chi connectivity index (χ2v) is 8.21. The van der Waals surface area contributed by atoms with Gasteiger partial charge in [0.2, 0.25) is 0 Å². The van der Waals surface area contributed by atoms with Gasteiger partial charge in [0.1, 0.15) is 0 Å². The molecule has 2 N–H and O–H groups in total. The van der Waals surface area contributed by atoms with Crippen molar-refractivity contribution in [2.75, 3.05) is 19.7 Å². The molecule has 3 aromatic rings. The van der Waals surface area contributed by atoms with Crippen molar-refractivity contribution < 1.29 is 5.11 Å². The van der Waals surface area contributed by atoms with Crippen LogP contribution in [0.5, 0.6) is 0 Å². The molecule has 0 aliphatic carbocycles. The Bertz CT molecular complexity index is 905. The zero-order valence-corrected chi connectivity index (χ0v) is 16.6. The fraction of sp³-hybridized carbons (Fsp3) is 0.375. The molecule has 1 fully saturated rings. The minimum Gasteiger partial charge on any atom is -0.396 e. The van der Waals surface area contributed by atoms with Crippen LogP contribution >= 0.6 is 0 Å². The molecular weight excluding hydrogens is 346 g/mol. The van der Waals surface area contributed by atoms with E-state index in [-0.39, 0.29) is 12.0 Å². The smallest absolute Gasteiger partial charge is 0.0695 e. The molecule has 1 saturated heterocycles. The van der Waals surface area contributed by atoms with Crippen molar-refractivity contribution in [2.24, 2.45) is 5.41 Å². The number of rotatable bonds is 6. The SMILES string of the molecule is Cc1ccccc1CC1(CO)CCCN(Cc2cn[nH]c2-c2ccccc2)C1. The third-order valence-electron chi connectivity index (χ3n) is 6.08. The fourth-order valence-electron chi connectivity index (χ4n) is 4.51. The maximum Gasteiger partial charge on any atom is 0.0695 e. The first-order valence-electron chi connectivity index (χ1n) is 10.1. The van der Waals surface area contributed by atoms with Crippen LogP contribution in [0, 0.1) is 12.3 Å². The Morgan fingerprint density at radius 2 is 1.86 bits per heavy atom. The molecule has 2 heterocycles. The number of hydrogen-bond acceptors (Lipinski definition) is 3. The molecule has 4 rings (SSSR count). The van der Waals surface area contributed by atoms with E-state index in [0.29, 0.717) is 0 Å². The first-order chi connectivity index (χ1) is 13.7. The number of benzene rings is 2. The molecule has 4 heteroatoms. The molecular formula is C24H29N3O. The number of hydrogen-bond donors (Lipinski definition) is 2. The summed E-state index contributed by atoms with van der Waals surface area (Å²) >= 11 is 0. The number of likely N-dealkylation sites (tertiary alicyclic amines) is 1. The molecule has 1 unspecified atom stereocenters. The number of aromatic amines is 1. The molecule has 4 nitrogen and oxygen atoms in total. The van der Waals surface area contributed by atoms with Crippen LogP contribution in [0.2, 0.25) is 0 Å². The van der Waals surface area contributed by atoms with Gasteiger partial charge < -0.3 is 5.11 Å². The predicted octanol–water partition coefficient (Wildman–Crippen LogP) is 4.20. The summed E-state index contributed by atoms with van der Waals surface area (Å²) < 4.78 is 0. The lowest BCUT2D eigenvalue weighted by Gasteiger charge is -2.42. The zero-order valence-electron chi connectivity index (χ0n) is 16.6. The van der Waals surface area contributed by atoms with E-state index >= 15 is 0 Å². The normalized spacial score (nSPS) is 20.4. The van der Waals surface area contributed by atoms with E-state index < -0.39 is 0 Å². The largest absolute Gasteiger partial charge is 0.396 e. The number of nitrogens with one attached hydrogen (secondary N) is 1. The summed E-state index contributed by atoms with van der Waals surface area (Å²) in [6, 6.07) is 18.9. The van der Waals surface area contributed by atoms with Gasteiger partial charge in [0.25, 0.3) is 0 Å². The lowest BCUT2D eigenvalue weighted by Crippen LogP contribution is -2.46. The monoisotopic (exact) mass is 375 g/mol. The first-order valence-corrected chi connectivity index (χ1v) is 10.1. The summed E-state index contributed by atoms with van der Waals surface area (Å²) in [5.41, 5.74) is 6.08. The molecule has 0 spiro atoms. The lowest BCUT2D eigenvalue weighted by molar-refractivity contribution is 0.0288. The predicted molar refractivity (Wildman–Crippen MR) is 113 cm³/mol. The van der Waals surface area contributed by atoms with Crippen molar-refractivity contribution in [1.29, 1.82) is 0 Å². The van der Waals surface area contributed by atoms with Crippen LogP contribution < -0.4 is 0 Å². The van der Waals surface area contributed by atoms with Crippen LogP contribution in [0.1, 0.15) is 29.5 Å². The van der Waals surface area contributed by atoms with Gasteiger partial charge in [-0.1, -0.05) is 54.6 Å². The summed E-state index contributed by atoms with van der Waals surface area (Å²) in [4.78, 5) is 2.48. The number of piperidine rings is 1. The van der Waals surface area contributed by atoms with Crippen LogP contribution in [0.3, 0.4) is 0 Å². The van der Waals surface area contributed by atoms with Crippen molar-refractivity contribution >= 4 is 0 Å². The minimum absolute atomic E-state index is 0.0684. The molecule has 2 aromatic carbocycles. The van der Waals surface area contributed by atoms with Crippen molar-refractivity contribution in [3.63, 3.8) is 0 Å². The number of aryl methyl sites for hydroxylation is 1. The van der Waals surface area contributed by atoms with E-state index in [4.69, 9.17) is 0 Å². The van der Waals surface area contributed by atoms with Gasteiger partial charge in [-0.25, -0.2) is 0 Å². The Hall–Kier alpha value is -2.43. The molecule has 146 valence electrons. The van der Waals surface area contributed by atoms with Gasteiger partial charge >= 0.3 is 0 Å². The van der Waals surface area contributed by atoms with Crippen molar-refractivity contribution in [1.82, 2.24) is 15.1 Å². The summed E-state index contributed by atoms with van der Waals surface area (Å²) in [7, 11) is 0. The van der Waals surface area contributed by atoms with Gasteiger partial charge in [-0.2, -0.15) is 5.10 Å². The van der Waals surface area contributed by atoms with Crippen LogP contribution in [0.15, 0.2) is 60.8 Å². The van der Waals surface area contributed by atoms with Crippen LogP contribution in [-0.2, 0) is 13.0 Å². The fourth-order valence-corrected chi connectivity index (χ4v) is 4.51. The van der Waals surface area contributed by atoms with Crippen LogP contribution in [0.25, 0.3) is 11.3 Å². The van der Waals surface area contributed by atoms with E-state index in [0.717, 1.165) is 44.6 Å². The third kappa shape index (κ3) is 4.03. The Kier molecular flexibility index (Phi) is 5.60. The van der Waals surface area contributed by atoms with Crippen molar-refractivity contribution in [2.45, 2.75) is 32.7 Å². The standard InChI is InChI=1S/C24H29N3O/c1-19-8-5-6-11-21(19)14-24(18-28)12-7-13-27(17-24)16-22-15-25-26-23(22)20-9-3-2-4-10-20/h2-6,8-11,15,28H,7,12-14,16-18H2,1H3,(H,25,26). The summed E-state index contributed by atoms with van der Waals surface area (Å²) in [5, 5.41) is 17.8. The third-order valence-corrected chi connectivity index (χ3v) is 6.08. The van der Waals surface area contributed by atoms with Gasteiger partial charge in [0.05, 0.1) is 18.5 Å². The molecule has 1 aromatic heterocycles. The van der Waals surface area contributed by atoms with Gasteiger partial charge in [0, 0.05) is 24.1 Å². The molecule has 0 amide bonds. The average molecular weight is 376 g/mol. The van der Waals surface area contributed by atoms with Gasteiger partial charge in [-0.3, -0.25) is 10.00 Å². The first kappa shape index (κ1) is 18.9. The Morgan fingerprint density at radius 1 is 1.07 bits per heavy atom. The van der Waals surface area contributed by atoms with E-state index in [9.17, 15) is 5.11 Å². The van der Waals surface area contributed by atoms with Gasteiger partial charge in [0.15, 0.2) is 0 Å². The van der Waals surface area contributed by atoms with Crippen LogP contribution in [-0.4, -0.2) is 39.9 Å². The molecule has 0 bridgehead atoms. The maximum atomic E-state index is 10.3. The highest BCUT2D eigenvalue weighted by Gasteiger charge is 2.35. The van der Waals surface area contributed by atoms with E-state index in [1.165, 1.54) is 22.3 Å². The number of H-pyrrole nitrogens is 1. The van der Waals surface area contributed by atoms with Crippen molar-refractivity contribution in [3.05, 3.63) is 77.5 Å².